The number of amides is 2. The van der Waals surface area contributed by atoms with E-state index in [-0.39, 0.29) is 34.2 Å². The summed E-state index contributed by atoms with van der Waals surface area (Å²) in [6.45, 7) is 0.0260. The van der Waals surface area contributed by atoms with E-state index in [4.69, 9.17) is 27.9 Å². The van der Waals surface area contributed by atoms with Crippen LogP contribution in [0.1, 0.15) is 19.4 Å². The first-order valence-corrected chi connectivity index (χ1v) is 8.44. The summed E-state index contributed by atoms with van der Waals surface area (Å²) in [7, 11) is 0. The number of ether oxygens (including phenoxy) is 1. The summed E-state index contributed by atoms with van der Waals surface area (Å²) in [6, 6.07) is 0.984. The van der Waals surface area contributed by atoms with Gasteiger partial charge in [-0.2, -0.15) is 8.78 Å². The fourth-order valence-corrected chi connectivity index (χ4v) is 2.88. The number of urea groups is 1. The Morgan fingerprint density at radius 2 is 2.08 bits per heavy atom. The number of hydrogen-bond donors (Lipinski definition) is 1. The van der Waals surface area contributed by atoms with Crippen LogP contribution < -0.4 is 10.4 Å². The van der Waals surface area contributed by atoms with Gasteiger partial charge in [0, 0.05) is 11.4 Å². The molecule has 2 unspecified atom stereocenters. The first-order valence-electron chi connectivity index (χ1n) is 7.62. The molecule has 2 amide bonds. The van der Waals surface area contributed by atoms with Crippen LogP contribution in [-0.4, -0.2) is 41.6 Å². The fraction of sp³-hybridized carbons (Fsp3) is 0.467. The van der Waals surface area contributed by atoms with E-state index < -0.39 is 35.9 Å². The van der Waals surface area contributed by atoms with Gasteiger partial charge in [0.25, 0.3) is 0 Å². The molecule has 6 nitrogen and oxygen atoms in total. The summed E-state index contributed by atoms with van der Waals surface area (Å²) in [5.41, 5.74) is 2.41. The number of halogens is 5. The van der Waals surface area contributed by atoms with E-state index in [1.165, 1.54) is 13.0 Å². The second-order valence-electron chi connectivity index (χ2n) is 5.43. The van der Waals surface area contributed by atoms with Crippen LogP contribution in [0.2, 0.25) is 5.02 Å². The zero-order chi connectivity index (χ0) is 19.6. The van der Waals surface area contributed by atoms with Gasteiger partial charge < -0.3 is 4.74 Å². The lowest BCUT2D eigenvalue weighted by Gasteiger charge is -2.19. The molecule has 0 saturated carbocycles. The van der Waals surface area contributed by atoms with Gasteiger partial charge in [0.05, 0.1) is 12.3 Å². The number of alkyl halides is 3. The second kappa shape index (κ2) is 8.32. The number of hydrazine groups is 1. The number of anilines is 1. The van der Waals surface area contributed by atoms with Crippen molar-refractivity contribution in [2.24, 2.45) is 0 Å². The lowest BCUT2D eigenvalue weighted by molar-refractivity contribution is -0.142. The van der Waals surface area contributed by atoms with Crippen LogP contribution in [0.25, 0.3) is 0 Å². The van der Waals surface area contributed by atoms with E-state index >= 15 is 0 Å². The first-order chi connectivity index (χ1) is 12.2. The van der Waals surface area contributed by atoms with Crippen molar-refractivity contribution in [1.29, 1.82) is 0 Å². The molecule has 2 rings (SSSR count). The van der Waals surface area contributed by atoms with E-state index in [2.05, 4.69) is 5.43 Å². The Labute approximate surface area is 157 Å². The van der Waals surface area contributed by atoms with Gasteiger partial charge in [-0.1, -0.05) is 11.6 Å². The van der Waals surface area contributed by atoms with Gasteiger partial charge in [0.15, 0.2) is 0 Å². The number of esters is 1. The Bertz CT molecular complexity index is 708. The molecule has 26 heavy (non-hydrogen) atoms. The molecule has 1 heterocycles. The van der Waals surface area contributed by atoms with Crippen molar-refractivity contribution in [3.05, 3.63) is 28.5 Å². The summed E-state index contributed by atoms with van der Waals surface area (Å²) in [5, 5.41) is -0.435. The predicted octanol–water partition coefficient (Wildman–Crippen LogP) is 3.51. The maximum Gasteiger partial charge on any atom is 0.344 e. The normalized spacial score (nSPS) is 18.6. The highest BCUT2D eigenvalue weighted by Crippen LogP contribution is 2.31. The molecule has 11 heteroatoms. The van der Waals surface area contributed by atoms with Gasteiger partial charge in [-0.3, -0.25) is 4.79 Å². The van der Waals surface area contributed by atoms with Gasteiger partial charge in [-0.25, -0.2) is 24.5 Å². The van der Waals surface area contributed by atoms with Gasteiger partial charge in [0.1, 0.15) is 17.4 Å². The zero-order valence-corrected chi connectivity index (χ0v) is 15.3. The van der Waals surface area contributed by atoms with Crippen molar-refractivity contribution in [2.75, 3.05) is 11.6 Å². The van der Waals surface area contributed by atoms with Gasteiger partial charge in [-0.15, -0.1) is 11.6 Å². The Morgan fingerprint density at radius 1 is 1.42 bits per heavy atom. The Hall–Kier alpha value is -1.71. The quantitative estimate of drug-likeness (QED) is 0.440. The van der Waals surface area contributed by atoms with Crippen molar-refractivity contribution in [2.45, 2.75) is 38.4 Å². The predicted molar refractivity (Wildman–Crippen MR) is 89.7 cm³/mol. The molecule has 1 N–H and O–H groups in total. The second-order valence-corrected chi connectivity index (χ2v) is 6.36. The van der Waals surface area contributed by atoms with Gasteiger partial charge >= 0.3 is 18.5 Å². The van der Waals surface area contributed by atoms with Crippen molar-refractivity contribution < 1.29 is 27.5 Å². The van der Waals surface area contributed by atoms with Gasteiger partial charge in [-0.05, 0) is 31.5 Å². The largest absolute Gasteiger partial charge is 0.465 e. The number of carbonyl (C=O) groups excluding carboxylic acids is 2. The molecule has 0 radical (unpaired) electrons. The number of hydrogen-bond acceptors (Lipinski definition) is 4. The molecular formula is C15H16Cl2F3N3O3. The number of rotatable bonds is 6. The number of benzene rings is 1. The smallest absolute Gasteiger partial charge is 0.344 e. The summed E-state index contributed by atoms with van der Waals surface area (Å²) in [5.74, 6) is -1.57. The highest BCUT2D eigenvalue weighted by atomic mass is 35.5. The minimum Gasteiger partial charge on any atom is -0.465 e. The van der Waals surface area contributed by atoms with Crippen LogP contribution in [0.4, 0.5) is 23.7 Å². The van der Waals surface area contributed by atoms with E-state index in [9.17, 15) is 22.8 Å². The summed E-state index contributed by atoms with van der Waals surface area (Å²) in [6.07, 6.45) is -1.14. The minimum absolute atomic E-state index is 0.0217. The summed E-state index contributed by atoms with van der Waals surface area (Å²) < 4.78 is 45.0. The number of nitrogens with zero attached hydrogens (tertiary/aromatic N) is 2. The average molecular weight is 414 g/mol. The molecular weight excluding hydrogens is 398 g/mol. The van der Waals surface area contributed by atoms with Crippen LogP contribution in [0.5, 0.6) is 0 Å². The summed E-state index contributed by atoms with van der Waals surface area (Å²) >= 11 is 11.9. The molecule has 2 atom stereocenters. The molecule has 0 bridgehead atoms. The molecule has 1 saturated heterocycles. The maximum atomic E-state index is 14.3. The summed E-state index contributed by atoms with van der Waals surface area (Å²) in [4.78, 5) is 24.0. The topological polar surface area (TPSA) is 61.9 Å². The van der Waals surface area contributed by atoms with E-state index in [1.54, 1.807) is 6.92 Å². The van der Waals surface area contributed by atoms with Crippen molar-refractivity contribution >= 4 is 40.9 Å². The Balaban J connectivity index is 2.31. The maximum absolute atomic E-state index is 14.3. The van der Waals surface area contributed by atoms with Crippen molar-refractivity contribution in [1.82, 2.24) is 10.3 Å². The number of nitrogens with one attached hydrogen (secondary N) is 1. The Kier molecular flexibility index (Phi) is 6.59. The molecule has 1 aromatic carbocycles. The highest BCUT2D eigenvalue weighted by molar-refractivity contribution is 6.32. The van der Waals surface area contributed by atoms with Crippen LogP contribution in [0.15, 0.2) is 12.1 Å². The van der Waals surface area contributed by atoms with Crippen LogP contribution in [-0.2, 0) is 16.0 Å². The SMILES string of the molecule is CCOC(=O)C(Cl)Cc1cc(N2NC(C)N(C(F)F)C2=O)c(F)cc1Cl. The Morgan fingerprint density at radius 3 is 2.62 bits per heavy atom. The van der Waals surface area contributed by atoms with Crippen LogP contribution in [0.3, 0.4) is 0 Å². The third-order valence-corrected chi connectivity index (χ3v) is 4.34. The zero-order valence-electron chi connectivity index (χ0n) is 13.8. The molecule has 144 valence electrons. The van der Waals surface area contributed by atoms with Gasteiger partial charge in [0.2, 0.25) is 0 Å². The molecule has 1 aromatic rings. The molecule has 1 aliphatic heterocycles. The van der Waals surface area contributed by atoms with E-state index in [0.717, 1.165) is 6.07 Å². The van der Waals surface area contributed by atoms with E-state index in [1.807, 2.05) is 0 Å². The fourth-order valence-electron chi connectivity index (χ4n) is 2.43. The number of carbonyl (C=O) groups is 2. The third-order valence-electron chi connectivity index (χ3n) is 3.65. The molecule has 1 aliphatic rings. The van der Waals surface area contributed by atoms with Crippen molar-refractivity contribution in [3.63, 3.8) is 0 Å². The molecule has 0 spiro atoms. The van der Waals surface area contributed by atoms with Crippen LogP contribution in [0, 0.1) is 5.82 Å². The standard InChI is InChI=1S/C15H16Cl2F3N3O3/c1-3-26-13(24)10(17)4-8-5-12(11(18)6-9(8)16)23-15(25)22(14(19)20)7(2)21-23/h5-7,10,14,21H,3-4H2,1-2H3. The molecule has 0 aromatic heterocycles. The van der Waals surface area contributed by atoms with E-state index in [0.29, 0.717) is 5.01 Å². The monoisotopic (exact) mass is 413 g/mol. The van der Waals surface area contributed by atoms with Crippen LogP contribution >= 0.6 is 23.2 Å². The molecule has 0 aliphatic carbocycles. The first kappa shape index (κ1) is 20.6. The average Bonchev–Trinajstić information content (AvgIpc) is 2.84. The minimum atomic E-state index is -3.05. The molecule has 1 fully saturated rings. The highest BCUT2D eigenvalue weighted by Gasteiger charge is 2.41. The van der Waals surface area contributed by atoms with Crippen molar-refractivity contribution in [3.8, 4) is 0 Å². The third kappa shape index (κ3) is 4.16. The lowest BCUT2D eigenvalue weighted by Crippen LogP contribution is -2.38. The lowest BCUT2D eigenvalue weighted by atomic mass is 10.1.